The van der Waals surface area contributed by atoms with Crippen LogP contribution in [0.4, 0.5) is 8.78 Å². The number of halogens is 2. The Kier molecular flexibility index (Phi) is 3.44. The van der Waals surface area contributed by atoms with Gasteiger partial charge in [-0.05, 0) is 18.6 Å². The van der Waals surface area contributed by atoms with E-state index in [-0.39, 0.29) is 36.4 Å². The zero-order valence-corrected chi connectivity index (χ0v) is 13.8. The first-order valence-electron chi connectivity index (χ1n) is 7.78. The molecule has 0 saturated carbocycles. The molecule has 0 radical (unpaired) electrons. The SMILES string of the molecule is CC1([C@@H]2C[C@H](F)c3nc(S(=O)(=O)C4COC4)nn32)C=C(F)C=CC1. The molecule has 0 N–H and O–H groups in total. The number of hydrogen-bond donors (Lipinski definition) is 0. The number of ether oxygens (including phenoxy) is 1. The van der Waals surface area contributed by atoms with Crippen molar-refractivity contribution in [3.05, 3.63) is 29.9 Å². The molecule has 0 spiro atoms. The first-order valence-corrected chi connectivity index (χ1v) is 9.33. The predicted octanol–water partition coefficient (Wildman–Crippen LogP) is 2.23. The molecule has 0 amide bonds. The number of alkyl halides is 1. The molecule has 3 atom stereocenters. The number of allylic oxidation sites excluding steroid dienone is 4. The predicted molar refractivity (Wildman–Crippen MR) is 80.4 cm³/mol. The molecule has 1 aliphatic carbocycles. The van der Waals surface area contributed by atoms with Gasteiger partial charge in [-0.25, -0.2) is 21.9 Å². The first kappa shape index (κ1) is 15.9. The van der Waals surface area contributed by atoms with Crippen LogP contribution in [-0.4, -0.2) is 41.6 Å². The van der Waals surface area contributed by atoms with E-state index in [1.54, 1.807) is 6.08 Å². The van der Waals surface area contributed by atoms with Gasteiger partial charge in [0.2, 0.25) is 9.84 Å². The van der Waals surface area contributed by atoms with Crippen LogP contribution < -0.4 is 0 Å². The van der Waals surface area contributed by atoms with Gasteiger partial charge in [-0.15, -0.1) is 5.10 Å². The molecule has 0 bridgehead atoms. The van der Waals surface area contributed by atoms with Crippen LogP contribution in [0.1, 0.15) is 37.8 Å². The van der Waals surface area contributed by atoms with Crippen LogP contribution in [0.3, 0.4) is 0 Å². The molecule has 1 saturated heterocycles. The number of sulfone groups is 1. The van der Waals surface area contributed by atoms with E-state index < -0.39 is 32.7 Å². The van der Waals surface area contributed by atoms with Crippen LogP contribution in [0.15, 0.2) is 29.2 Å². The largest absolute Gasteiger partial charge is 0.379 e. The third-order valence-corrected chi connectivity index (χ3v) is 6.84. The zero-order chi connectivity index (χ0) is 17.1. The zero-order valence-electron chi connectivity index (χ0n) is 13.0. The second kappa shape index (κ2) is 5.19. The summed E-state index contributed by atoms with van der Waals surface area (Å²) in [6, 6.07) is -0.479. The molecule has 1 unspecified atom stereocenters. The molecule has 1 aromatic rings. The smallest absolute Gasteiger partial charge is 0.267 e. The van der Waals surface area contributed by atoms with E-state index in [1.807, 2.05) is 6.92 Å². The van der Waals surface area contributed by atoms with Crippen molar-refractivity contribution >= 4 is 9.84 Å². The number of fused-ring (bicyclic) bond motifs is 1. The molecule has 1 fully saturated rings. The molecule has 4 rings (SSSR count). The van der Waals surface area contributed by atoms with Crippen molar-refractivity contribution in [2.24, 2.45) is 5.41 Å². The number of rotatable bonds is 3. The lowest BCUT2D eigenvalue weighted by Crippen LogP contribution is -2.41. The van der Waals surface area contributed by atoms with E-state index in [1.165, 1.54) is 16.8 Å². The van der Waals surface area contributed by atoms with Crippen LogP contribution in [-0.2, 0) is 14.6 Å². The van der Waals surface area contributed by atoms with Gasteiger partial charge in [0.1, 0.15) is 11.1 Å². The van der Waals surface area contributed by atoms with Crippen LogP contribution in [0, 0.1) is 5.41 Å². The standard InChI is InChI=1S/C15H17F2N3O3S/c1-15(4-2-3-9(16)6-15)12-5-11(17)13-18-14(19-20(12)13)24(21,22)10-7-23-8-10/h2-3,6,10-12H,4-5,7-8H2,1H3/t11-,12-,15?/m0/s1. The third-order valence-electron chi connectivity index (χ3n) is 5.01. The van der Waals surface area contributed by atoms with Crippen LogP contribution in [0.5, 0.6) is 0 Å². The Labute approximate surface area is 138 Å². The van der Waals surface area contributed by atoms with Crippen molar-refractivity contribution in [3.8, 4) is 0 Å². The van der Waals surface area contributed by atoms with Gasteiger partial charge in [-0.2, -0.15) is 4.98 Å². The minimum atomic E-state index is -3.73. The van der Waals surface area contributed by atoms with Gasteiger partial charge in [0.15, 0.2) is 12.0 Å². The maximum Gasteiger partial charge on any atom is 0.267 e. The van der Waals surface area contributed by atoms with Gasteiger partial charge in [-0.1, -0.05) is 13.0 Å². The maximum absolute atomic E-state index is 14.4. The Morgan fingerprint density at radius 2 is 2.17 bits per heavy atom. The second-order valence-corrected chi connectivity index (χ2v) is 8.88. The number of hydrogen-bond acceptors (Lipinski definition) is 5. The topological polar surface area (TPSA) is 74.1 Å². The van der Waals surface area contributed by atoms with Crippen molar-refractivity contribution in [3.63, 3.8) is 0 Å². The Morgan fingerprint density at radius 3 is 2.79 bits per heavy atom. The van der Waals surface area contributed by atoms with Crippen LogP contribution in [0.25, 0.3) is 0 Å². The van der Waals surface area contributed by atoms with Crippen LogP contribution >= 0.6 is 0 Å². The maximum atomic E-state index is 14.4. The quantitative estimate of drug-likeness (QED) is 0.829. The molecule has 3 aliphatic rings. The minimum Gasteiger partial charge on any atom is -0.379 e. The molecular weight excluding hydrogens is 340 g/mol. The molecule has 3 heterocycles. The van der Waals surface area contributed by atoms with E-state index in [9.17, 15) is 17.2 Å². The Balaban J connectivity index is 1.73. The fourth-order valence-electron chi connectivity index (χ4n) is 3.45. The second-order valence-electron chi connectivity index (χ2n) is 6.76. The van der Waals surface area contributed by atoms with Crippen molar-refractivity contribution in [2.75, 3.05) is 13.2 Å². The minimum absolute atomic E-state index is 0.00315. The van der Waals surface area contributed by atoms with Gasteiger partial charge in [-0.3, -0.25) is 0 Å². The molecule has 6 nitrogen and oxygen atoms in total. The fraction of sp³-hybridized carbons (Fsp3) is 0.600. The van der Waals surface area contributed by atoms with Crippen molar-refractivity contribution in [2.45, 2.75) is 42.4 Å². The summed E-state index contributed by atoms with van der Waals surface area (Å²) in [5, 5.41) is 3.05. The molecule has 0 aromatic carbocycles. The molecule has 24 heavy (non-hydrogen) atoms. The summed E-state index contributed by atoms with van der Waals surface area (Å²) >= 11 is 0. The first-order chi connectivity index (χ1) is 11.3. The average molecular weight is 357 g/mol. The van der Waals surface area contributed by atoms with E-state index in [0.717, 1.165) is 0 Å². The monoisotopic (exact) mass is 357 g/mol. The summed E-state index contributed by atoms with van der Waals surface area (Å²) in [6.07, 6.45) is 3.74. The molecule has 1 aromatic heterocycles. The van der Waals surface area contributed by atoms with E-state index in [4.69, 9.17) is 4.74 Å². The highest BCUT2D eigenvalue weighted by atomic mass is 32.2. The van der Waals surface area contributed by atoms with Crippen LogP contribution in [0.2, 0.25) is 0 Å². The van der Waals surface area contributed by atoms with Crippen molar-refractivity contribution in [1.82, 2.24) is 14.8 Å². The Morgan fingerprint density at radius 1 is 1.42 bits per heavy atom. The van der Waals surface area contributed by atoms with Gasteiger partial charge in [0.25, 0.3) is 5.16 Å². The van der Waals surface area contributed by atoms with Gasteiger partial charge in [0, 0.05) is 11.8 Å². The highest BCUT2D eigenvalue weighted by Crippen LogP contribution is 2.50. The van der Waals surface area contributed by atoms with E-state index in [0.29, 0.717) is 6.42 Å². The van der Waals surface area contributed by atoms with Gasteiger partial charge < -0.3 is 4.74 Å². The Bertz CT molecular complexity index is 844. The highest BCUT2D eigenvalue weighted by Gasteiger charge is 2.46. The summed E-state index contributed by atoms with van der Waals surface area (Å²) in [5.74, 6) is -0.379. The third kappa shape index (κ3) is 2.25. The summed E-state index contributed by atoms with van der Waals surface area (Å²) in [5.41, 5.74) is -0.678. The Hall–Kier alpha value is -1.61. The summed E-state index contributed by atoms with van der Waals surface area (Å²) in [4.78, 5) is 3.94. The summed E-state index contributed by atoms with van der Waals surface area (Å²) < 4.78 is 59.2. The van der Waals surface area contributed by atoms with Crippen molar-refractivity contribution < 1.29 is 21.9 Å². The average Bonchev–Trinajstić information content (AvgIpc) is 2.97. The molecular formula is C15H17F2N3O3S. The fourth-order valence-corrected chi connectivity index (χ4v) is 4.72. The van der Waals surface area contributed by atoms with E-state index >= 15 is 0 Å². The number of nitrogens with zero attached hydrogens (tertiary/aromatic N) is 3. The lowest BCUT2D eigenvalue weighted by molar-refractivity contribution is 0.0413. The summed E-state index contributed by atoms with van der Waals surface area (Å²) in [7, 11) is -3.73. The summed E-state index contributed by atoms with van der Waals surface area (Å²) in [6.45, 7) is 2.02. The van der Waals surface area contributed by atoms with Gasteiger partial charge >= 0.3 is 0 Å². The lowest BCUT2D eigenvalue weighted by Gasteiger charge is -2.33. The molecule has 2 aliphatic heterocycles. The lowest BCUT2D eigenvalue weighted by atomic mass is 9.76. The normalized spacial score (nSPS) is 33.2. The van der Waals surface area contributed by atoms with Gasteiger partial charge in [0.05, 0.1) is 19.3 Å². The molecule has 9 heteroatoms. The molecule has 130 valence electrons. The number of aromatic nitrogens is 3. The highest BCUT2D eigenvalue weighted by molar-refractivity contribution is 7.92. The van der Waals surface area contributed by atoms with E-state index in [2.05, 4.69) is 10.1 Å². The van der Waals surface area contributed by atoms with Crippen molar-refractivity contribution in [1.29, 1.82) is 0 Å².